The van der Waals surface area contributed by atoms with E-state index in [1.807, 2.05) is 35.2 Å². The van der Waals surface area contributed by atoms with E-state index < -0.39 is 6.04 Å². The van der Waals surface area contributed by atoms with Gasteiger partial charge in [-0.25, -0.2) is 0 Å². The monoisotopic (exact) mass is 338 g/mol. The van der Waals surface area contributed by atoms with Crippen LogP contribution >= 0.6 is 0 Å². The van der Waals surface area contributed by atoms with Gasteiger partial charge in [-0.2, -0.15) is 0 Å². The number of hydrogen-bond donors (Lipinski definition) is 2. The second-order valence-corrected chi connectivity index (χ2v) is 6.03. The van der Waals surface area contributed by atoms with E-state index in [0.717, 1.165) is 18.7 Å². The van der Waals surface area contributed by atoms with Crippen LogP contribution in [-0.2, 0) is 11.2 Å². The van der Waals surface area contributed by atoms with Crippen LogP contribution in [0.3, 0.4) is 0 Å². The number of carbonyl (C=O) groups is 2. The van der Waals surface area contributed by atoms with Gasteiger partial charge in [-0.3, -0.25) is 14.6 Å². The minimum atomic E-state index is -0.602. The molecule has 0 radical (unpaired) electrons. The SMILES string of the molecule is O=C(NC(Cc1cccnc1)C(=O)N1CCNCC1)c1ccccc1. The molecule has 0 saturated carbocycles. The maximum Gasteiger partial charge on any atom is 0.251 e. The van der Waals surface area contributed by atoms with Crippen LogP contribution in [0.4, 0.5) is 0 Å². The van der Waals surface area contributed by atoms with Gasteiger partial charge in [-0.15, -0.1) is 0 Å². The van der Waals surface area contributed by atoms with Crippen LogP contribution in [0.5, 0.6) is 0 Å². The minimum Gasteiger partial charge on any atom is -0.340 e. The molecule has 3 rings (SSSR count). The lowest BCUT2D eigenvalue weighted by molar-refractivity contribution is -0.133. The van der Waals surface area contributed by atoms with Crippen molar-refractivity contribution in [2.75, 3.05) is 26.2 Å². The first kappa shape index (κ1) is 17.1. The van der Waals surface area contributed by atoms with Gasteiger partial charge < -0.3 is 15.5 Å². The van der Waals surface area contributed by atoms with E-state index in [4.69, 9.17) is 0 Å². The lowest BCUT2D eigenvalue weighted by Crippen LogP contribution is -2.54. The Balaban J connectivity index is 1.75. The van der Waals surface area contributed by atoms with Crippen LogP contribution in [0.15, 0.2) is 54.9 Å². The molecule has 1 aliphatic heterocycles. The van der Waals surface area contributed by atoms with Crippen molar-refractivity contribution >= 4 is 11.8 Å². The molecule has 1 atom stereocenters. The highest BCUT2D eigenvalue weighted by molar-refractivity contribution is 5.97. The van der Waals surface area contributed by atoms with Gasteiger partial charge in [0.1, 0.15) is 6.04 Å². The Hall–Kier alpha value is -2.73. The standard InChI is InChI=1S/C19H22N4O2/c24-18(16-6-2-1-3-7-16)22-17(13-15-5-4-8-21-14-15)19(25)23-11-9-20-10-12-23/h1-8,14,17,20H,9-13H2,(H,22,24). The third-order valence-electron chi connectivity index (χ3n) is 4.23. The van der Waals surface area contributed by atoms with Crippen LogP contribution in [0.1, 0.15) is 15.9 Å². The van der Waals surface area contributed by atoms with Crippen molar-refractivity contribution in [3.05, 3.63) is 66.0 Å². The summed E-state index contributed by atoms with van der Waals surface area (Å²) in [4.78, 5) is 31.4. The summed E-state index contributed by atoms with van der Waals surface area (Å²) in [6.45, 7) is 2.86. The Morgan fingerprint density at radius 2 is 1.88 bits per heavy atom. The normalized spacial score (nSPS) is 15.4. The van der Waals surface area contributed by atoms with E-state index in [9.17, 15) is 9.59 Å². The van der Waals surface area contributed by atoms with Gasteiger partial charge in [-0.05, 0) is 23.8 Å². The first-order chi connectivity index (χ1) is 12.2. The average Bonchev–Trinajstić information content (AvgIpc) is 2.69. The largest absolute Gasteiger partial charge is 0.340 e. The molecule has 2 aromatic rings. The number of pyridine rings is 1. The fraction of sp³-hybridized carbons (Fsp3) is 0.316. The molecule has 1 aromatic heterocycles. The summed E-state index contributed by atoms with van der Waals surface area (Å²) >= 11 is 0. The number of hydrogen-bond acceptors (Lipinski definition) is 4. The second kappa shape index (κ2) is 8.39. The predicted octanol–water partition coefficient (Wildman–Crippen LogP) is 0.855. The summed E-state index contributed by atoms with van der Waals surface area (Å²) in [6.07, 6.45) is 3.85. The zero-order valence-electron chi connectivity index (χ0n) is 14.0. The number of benzene rings is 1. The number of nitrogens with zero attached hydrogens (tertiary/aromatic N) is 2. The van der Waals surface area contributed by atoms with E-state index in [2.05, 4.69) is 15.6 Å². The molecule has 1 saturated heterocycles. The molecule has 0 spiro atoms. The summed E-state index contributed by atoms with van der Waals surface area (Å²) in [6, 6.07) is 12.1. The molecule has 2 amide bonds. The topological polar surface area (TPSA) is 74.3 Å². The molecule has 1 aliphatic rings. The Labute approximate surface area is 147 Å². The van der Waals surface area contributed by atoms with Crippen molar-refractivity contribution in [1.82, 2.24) is 20.5 Å². The minimum absolute atomic E-state index is 0.0466. The maximum absolute atomic E-state index is 12.9. The highest BCUT2D eigenvalue weighted by atomic mass is 16.2. The van der Waals surface area contributed by atoms with Gasteiger partial charge in [0.05, 0.1) is 0 Å². The van der Waals surface area contributed by atoms with Gasteiger partial charge in [0.25, 0.3) is 5.91 Å². The summed E-state index contributed by atoms with van der Waals surface area (Å²) in [5.74, 6) is -0.285. The summed E-state index contributed by atoms with van der Waals surface area (Å²) in [7, 11) is 0. The van der Waals surface area contributed by atoms with Gasteiger partial charge in [0, 0.05) is 50.6 Å². The number of carbonyl (C=O) groups excluding carboxylic acids is 2. The number of nitrogens with one attached hydrogen (secondary N) is 2. The van der Waals surface area contributed by atoms with Crippen molar-refractivity contribution < 1.29 is 9.59 Å². The van der Waals surface area contributed by atoms with Crippen LogP contribution in [0.25, 0.3) is 0 Å². The number of piperazine rings is 1. The lowest BCUT2D eigenvalue weighted by atomic mass is 10.1. The summed E-state index contributed by atoms with van der Waals surface area (Å²) in [5.41, 5.74) is 1.47. The molecular weight excluding hydrogens is 316 g/mol. The smallest absolute Gasteiger partial charge is 0.251 e. The fourth-order valence-corrected chi connectivity index (χ4v) is 2.89. The Kier molecular flexibility index (Phi) is 5.74. The average molecular weight is 338 g/mol. The van der Waals surface area contributed by atoms with Crippen molar-refractivity contribution in [2.45, 2.75) is 12.5 Å². The van der Waals surface area contributed by atoms with E-state index in [-0.39, 0.29) is 11.8 Å². The maximum atomic E-state index is 12.9. The predicted molar refractivity (Wildman–Crippen MR) is 95.1 cm³/mol. The van der Waals surface area contributed by atoms with E-state index >= 15 is 0 Å². The van der Waals surface area contributed by atoms with Crippen LogP contribution in [0.2, 0.25) is 0 Å². The third kappa shape index (κ3) is 4.64. The summed E-state index contributed by atoms with van der Waals surface area (Å²) < 4.78 is 0. The van der Waals surface area contributed by atoms with Crippen LogP contribution in [0, 0.1) is 0 Å². The van der Waals surface area contributed by atoms with Gasteiger partial charge >= 0.3 is 0 Å². The second-order valence-electron chi connectivity index (χ2n) is 6.03. The first-order valence-corrected chi connectivity index (χ1v) is 8.48. The molecule has 6 heteroatoms. The van der Waals surface area contributed by atoms with Crippen molar-refractivity contribution in [2.24, 2.45) is 0 Å². The Morgan fingerprint density at radius 1 is 1.12 bits per heavy atom. The van der Waals surface area contributed by atoms with Gasteiger partial charge in [-0.1, -0.05) is 24.3 Å². The van der Waals surface area contributed by atoms with Crippen molar-refractivity contribution in [3.63, 3.8) is 0 Å². The molecule has 0 bridgehead atoms. The highest BCUT2D eigenvalue weighted by Crippen LogP contribution is 2.08. The quantitative estimate of drug-likeness (QED) is 0.848. The Morgan fingerprint density at radius 3 is 2.56 bits per heavy atom. The fourth-order valence-electron chi connectivity index (χ4n) is 2.89. The molecule has 6 nitrogen and oxygen atoms in total. The molecule has 2 heterocycles. The van der Waals surface area contributed by atoms with Gasteiger partial charge in [0.2, 0.25) is 5.91 Å². The molecule has 130 valence electrons. The number of amides is 2. The van der Waals surface area contributed by atoms with E-state index in [1.54, 1.807) is 24.5 Å². The zero-order chi connectivity index (χ0) is 17.5. The Bertz CT molecular complexity index is 700. The van der Waals surface area contributed by atoms with E-state index in [0.29, 0.717) is 25.1 Å². The first-order valence-electron chi connectivity index (χ1n) is 8.48. The lowest BCUT2D eigenvalue weighted by Gasteiger charge is -2.31. The van der Waals surface area contributed by atoms with Crippen LogP contribution in [-0.4, -0.2) is 53.9 Å². The molecule has 1 unspecified atom stereocenters. The molecular formula is C19H22N4O2. The third-order valence-corrected chi connectivity index (χ3v) is 4.23. The van der Waals surface area contributed by atoms with Gasteiger partial charge in [0.15, 0.2) is 0 Å². The highest BCUT2D eigenvalue weighted by Gasteiger charge is 2.27. The zero-order valence-corrected chi connectivity index (χ0v) is 14.0. The van der Waals surface area contributed by atoms with Crippen molar-refractivity contribution in [1.29, 1.82) is 0 Å². The molecule has 1 aromatic carbocycles. The molecule has 1 fully saturated rings. The number of aromatic nitrogens is 1. The van der Waals surface area contributed by atoms with Crippen LogP contribution < -0.4 is 10.6 Å². The molecule has 0 aliphatic carbocycles. The molecule has 2 N–H and O–H groups in total. The number of rotatable bonds is 5. The summed E-state index contributed by atoms with van der Waals surface area (Å²) in [5, 5.41) is 6.13. The van der Waals surface area contributed by atoms with E-state index in [1.165, 1.54) is 0 Å². The molecule has 25 heavy (non-hydrogen) atoms. The van der Waals surface area contributed by atoms with Crippen molar-refractivity contribution in [3.8, 4) is 0 Å².